The van der Waals surface area contributed by atoms with Gasteiger partial charge in [0.2, 0.25) is 0 Å². The zero-order chi connectivity index (χ0) is 14.9. The lowest BCUT2D eigenvalue weighted by atomic mass is 10.2. The lowest BCUT2D eigenvalue weighted by Gasteiger charge is -2.29. The molecule has 1 unspecified atom stereocenters. The monoisotopic (exact) mass is 289 g/mol. The summed E-state index contributed by atoms with van der Waals surface area (Å²) in [6.07, 6.45) is 0. The number of ether oxygens (including phenoxy) is 2. The summed E-state index contributed by atoms with van der Waals surface area (Å²) in [7, 11) is 0. The van der Waals surface area contributed by atoms with Crippen LogP contribution in [-0.4, -0.2) is 50.4 Å². The van der Waals surface area contributed by atoms with Gasteiger partial charge in [0.25, 0.3) is 0 Å². The van der Waals surface area contributed by atoms with Crippen LogP contribution in [0.25, 0.3) is 0 Å². The Kier molecular flexibility index (Phi) is 6.48. The van der Waals surface area contributed by atoms with Gasteiger partial charge in [-0.2, -0.15) is 5.26 Å². The number of nitrogens with zero attached hydrogens (tertiary/aromatic N) is 2. The molecule has 1 fully saturated rings. The standard InChI is InChI=1S/C16H23N3O2/c1-14(13-19-7-10-20-11-8-19)18-12-15-4-2-3-5-16(15)21-9-6-17/h2-5,14,18H,7-13H2,1H3. The second-order valence-corrected chi connectivity index (χ2v) is 5.25. The normalized spacial score (nSPS) is 17.1. The molecule has 0 bridgehead atoms. The van der Waals surface area contributed by atoms with Gasteiger partial charge in [-0.3, -0.25) is 4.90 Å². The molecule has 1 atom stereocenters. The van der Waals surface area contributed by atoms with E-state index in [0.29, 0.717) is 6.04 Å². The predicted molar refractivity (Wildman–Crippen MR) is 81.1 cm³/mol. The number of benzene rings is 1. The van der Waals surface area contributed by atoms with Crippen molar-refractivity contribution in [3.63, 3.8) is 0 Å². The first-order chi connectivity index (χ1) is 10.3. The van der Waals surface area contributed by atoms with Crippen molar-refractivity contribution in [3.8, 4) is 11.8 Å². The Balaban J connectivity index is 1.80. The number of hydrogen-bond donors (Lipinski definition) is 1. The van der Waals surface area contributed by atoms with Gasteiger partial charge in [0.05, 0.1) is 13.2 Å². The Labute approximate surface area is 126 Å². The molecule has 0 radical (unpaired) electrons. The van der Waals surface area contributed by atoms with Gasteiger partial charge in [-0.25, -0.2) is 0 Å². The molecular weight excluding hydrogens is 266 g/mol. The molecule has 1 aromatic rings. The number of para-hydroxylation sites is 1. The fourth-order valence-corrected chi connectivity index (χ4v) is 2.42. The van der Waals surface area contributed by atoms with Gasteiger partial charge in [-0.15, -0.1) is 0 Å². The molecular formula is C16H23N3O2. The second-order valence-electron chi connectivity index (χ2n) is 5.25. The lowest BCUT2D eigenvalue weighted by Crippen LogP contribution is -2.44. The summed E-state index contributed by atoms with van der Waals surface area (Å²) in [6, 6.07) is 10.2. The summed E-state index contributed by atoms with van der Waals surface area (Å²) in [5.41, 5.74) is 1.08. The van der Waals surface area contributed by atoms with E-state index in [-0.39, 0.29) is 6.61 Å². The molecule has 2 rings (SSSR count). The Hall–Kier alpha value is -1.61. The molecule has 1 saturated heterocycles. The van der Waals surface area contributed by atoms with Gasteiger partial charge in [-0.05, 0) is 13.0 Å². The fourth-order valence-electron chi connectivity index (χ4n) is 2.42. The third-order valence-corrected chi connectivity index (χ3v) is 3.54. The first-order valence-electron chi connectivity index (χ1n) is 7.40. The highest BCUT2D eigenvalue weighted by molar-refractivity contribution is 5.33. The molecule has 1 aromatic carbocycles. The summed E-state index contributed by atoms with van der Waals surface area (Å²) >= 11 is 0. The topological polar surface area (TPSA) is 57.5 Å². The van der Waals surface area contributed by atoms with Crippen molar-refractivity contribution in [1.29, 1.82) is 5.26 Å². The van der Waals surface area contributed by atoms with E-state index in [9.17, 15) is 0 Å². The minimum atomic E-state index is 0.0837. The van der Waals surface area contributed by atoms with Crippen molar-refractivity contribution < 1.29 is 9.47 Å². The number of morpholine rings is 1. The largest absolute Gasteiger partial charge is 0.478 e. The maximum Gasteiger partial charge on any atom is 0.174 e. The van der Waals surface area contributed by atoms with Crippen LogP contribution >= 0.6 is 0 Å². The molecule has 0 aliphatic carbocycles. The molecule has 21 heavy (non-hydrogen) atoms. The average molecular weight is 289 g/mol. The molecule has 0 aromatic heterocycles. The van der Waals surface area contributed by atoms with Crippen molar-refractivity contribution in [2.24, 2.45) is 0 Å². The predicted octanol–water partition coefficient (Wildman–Crippen LogP) is 1.40. The van der Waals surface area contributed by atoms with E-state index in [4.69, 9.17) is 14.7 Å². The van der Waals surface area contributed by atoms with Crippen LogP contribution in [0.15, 0.2) is 24.3 Å². The smallest absolute Gasteiger partial charge is 0.174 e. The Bertz CT molecular complexity index is 467. The summed E-state index contributed by atoms with van der Waals surface area (Å²) in [4.78, 5) is 2.42. The van der Waals surface area contributed by atoms with Gasteiger partial charge in [0, 0.05) is 37.8 Å². The minimum Gasteiger partial charge on any atom is -0.478 e. The van der Waals surface area contributed by atoms with E-state index >= 15 is 0 Å². The molecule has 0 amide bonds. The molecule has 1 aliphatic rings. The minimum absolute atomic E-state index is 0.0837. The van der Waals surface area contributed by atoms with Crippen molar-refractivity contribution in [1.82, 2.24) is 10.2 Å². The second kappa shape index (κ2) is 8.63. The summed E-state index contributed by atoms with van der Waals surface area (Å²) in [5.74, 6) is 0.783. The van der Waals surface area contributed by atoms with Gasteiger partial charge in [0.1, 0.15) is 11.8 Å². The van der Waals surface area contributed by atoms with Gasteiger partial charge >= 0.3 is 0 Å². The molecule has 114 valence electrons. The molecule has 5 heteroatoms. The van der Waals surface area contributed by atoms with Crippen LogP contribution in [0.1, 0.15) is 12.5 Å². The number of hydrogen-bond acceptors (Lipinski definition) is 5. The highest BCUT2D eigenvalue weighted by Gasteiger charge is 2.13. The molecule has 5 nitrogen and oxygen atoms in total. The summed E-state index contributed by atoms with van der Waals surface area (Å²) in [5, 5.41) is 12.1. The third kappa shape index (κ3) is 5.35. The molecule has 0 saturated carbocycles. The molecule has 0 spiro atoms. The van der Waals surface area contributed by atoms with Crippen LogP contribution in [0.2, 0.25) is 0 Å². The van der Waals surface area contributed by atoms with E-state index in [0.717, 1.165) is 50.7 Å². The van der Waals surface area contributed by atoms with Crippen LogP contribution in [0.3, 0.4) is 0 Å². The van der Waals surface area contributed by atoms with Gasteiger partial charge < -0.3 is 14.8 Å². The summed E-state index contributed by atoms with van der Waals surface area (Å²) < 4.78 is 10.8. The number of nitriles is 1. The summed E-state index contributed by atoms with van der Waals surface area (Å²) in [6.45, 7) is 7.71. The van der Waals surface area contributed by atoms with Crippen LogP contribution in [-0.2, 0) is 11.3 Å². The zero-order valence-electron chi connectivity index (χ0n) is 12.5. The Morgan fingerprint density at radius 3 is 2.90 bits per heavy atom. The Morgan fingerprint density at radius 2 is 2.14 bits per heavy atom. The third-order valence-electron chi connectivity index (χ3n) is 3.54. The zero-order valence-corrected chi connectivity index (χ0v) is 12.5. The maximum absolute atomic E-state index is 8.61. The van der Waals surface area contributed by atoms with E-state index in [1.54, 1.807) is 0 Å². The van der Waals surface area contributed by atoms with Crippen molar-refractivity contribution >= 4 is 0 Å². The first-order valence-corrected chi connectivity index (χ1v) is 7.40. The SMILES string of the molecule is CC(CN1CCOCC1)NCc1ccccc1OCC#N. The first kappa shape index (κ1) is 15.8. The highest BCUT2D eigenvalue weighted by atomic mass is 16.5. The van der Waals surface area contributed by atoms with Crippen LogP contribution < -0.4 is 10.1 Å². The highest BCUT2D eigenvalue weighted by Crippen LogP contribution is 2.17. The number of rotatable bonds is 7. The van der Waals surface area contributed by atoms with Crippen LogP contribution in [0.5, 0.6) is 5.75 Å². The van der Waals surface area contributed by atoms with Crippen molar-refractivity contribution in [2.45, 2.75) is 19.5 Å². The van der Waals surface area contributed by atoms with Gasteiger partial charge in [0.15, 0.2) is 6.61 Å². The van der Waals surface area contributed by atoms with E-state index < -0.39 is 0 Å². The number of nitrogens with one attached hydrogen (secondary N) is 1. The molecule has 1 N–H and O–H groups in total. The lowest BCUT2D eigenvalue weighted by molar-refractivity contribution is 0.0343. The van der Waals surface area contributed by atoms with E-state index in [2.05, 4.69) is 17.1 Å². The maximum atomic E-state index is 8.61. The quantitative estimate of drug-likeness (QED) is 0.822. The van der Waals surface area contributed by atoms with Crippen LogP contribution in [0.4, 0.5) is 0 Å². The fraction of sp³-hybridized carbons (Fsp3) is 0.562. The van der Waals surface area contributed by atoms with E-state index in [1.165, 1.54) is 0 Å². The van der Waals surface area contributed by atoms with Crippen molar-refractivity contribution in [2.75, 3.05) is 39.5 Å². The molecule has 1 aliphatic heterocycles. The Morgan fingerprint density at radius 1 is 1.38 bits per heavy atom. The van der Waals surface area contributed by atoms with E-state index in [1.807, 2.05) is 30.3 Å². The molecule has 1 heterocycles. The van der Waals surface area contributed by atoms with Crippen LogP contribution in [0, 0.1) is 11.3 Å². The van der Waals surface area contributed by atoms with Crippen molar-refractivity contribution in [3.05, 3.63) is 29.8 Å². The van der Waals surface area contributed by atoms with Gasteiger partial charge in [-0.1, -0.05) is 18.2 Å². The average Bonchev–Trinajstić information content (AvgIpc) is 2.52.